The first kappa shape index (κ1) is 13.9. The third-order valence-corrected chi connectivity index (χ3v) is 2.26. The lowest BCUT2D eigenvalue weighted by atomic mass is 10.1. The van der Waals surface area contributed by atoms with Crippen molar-refractivity contribution < 1.29 is 4.74 Å². The zero-order valence-electron chi connectivity index (χ0n) is 10.1. The highest BCUT2D eigenvalue weighted by Crippen LogP contribution is 2.00. The second-order valence-electron chi connectivity index (χ2n) is 4.29. The molecule has 0 aromatic heterocycles. The second kappa shape index (κ2) is 8.21. The Morgan fingerprint density at radius 3 is 2.36 bits per heavy atom. The number of hydrogen-bond donors (Lipinski definition) is 1. The lowest BCUT2D eigenvalue weighted by Crippen LogP contribution is -2.39. The van der Waals surface area contributed by atoms with Crippen molar-refractivity contribution in [3.63, 3.8) is 0 Å². The van der Waals surface area contributed by atoms with Crippen LogP contribution in [0.3, 0.4) is 0 Å². The van der Waals surface area contributed by atoms with Gasteiger partial charge < -0.3 is 15.4 Å². The van der Waals surface area contributed by atoms with Gasteiger partial charge >= 0.3 is 0 Å². The molecule has 0 saturated carbocycles. The Kier molecular flexibility index (Phi) is 8.14. The fourth-order valence-corrected chi connectivity index (χ4v) is 1.54. The molecule has 0 aliphatic rings. The van der Waals surface area contributed by atoms with Crippen LogP contribution in [0.4, 0.5) is 0 Å². The van der Waals surface area contributed by atoms with E-state index in [0.29, 0.717) is 5.92 Å². The Morgan fingerprint density at radius 2 is 1.93 bits per heavy atom. The van der Waals surface area contributed by atoms with Gasteiger partial charge in [0, 0.05) is 32.8 Å². The van der Waals surface area contributed by atoms with E-state index in [1.165, 1.54) is 0 Å². The predicted octanol–water partition coefficient (Wildman–Crippen LogP) is 1.33. The van der Waals surface area contributed by atoms with E-state index in [2.05, 4.69) is 25.7 Å². The molecule has 0 aromatic rings. The Balaban J connectivity index is 3.68. The van der Waals surface area contributed by atoms with Gasteiger partial charge in [0.05, 0.1) is 0 Å². The van der Waals surface area contributed by atoms with Gasteiger partial charge in [0.15, 0.2) is 0 Å². The summed E-state index contributed by atoms with van der Waals surface area (Å²) in [6.07, 6.45) is 0.949. The number of nitrogens with zero attached hydrogens (tertiary/aromatic N) is 1. The topological polar surface area (TPSA) is 38.5 Å². The average Bonchev–Trinajstić information content (AvgIpc) is 2.12. The van der Waals surface area contributed by atoms with Crippen LogP contribution < -0.4 is 5.73 Å². The van der Waals surface area contributed by atoms with Crippen molar-refractivity contribution in [3.8, 4) is 0 Å². The van der Waals surface area contributed by atoms with Gasteiger partial charge in [-0.05, 0) is 18.9 Å². The monoisotopic (exact) mass is 202 g/mol. The summed E-state index contributed by atoms with van der Waals surface area (Å²) in [6.45, 7) is 10.6. The van der Waals surface area contributed by atoms with Crippen LogP contribution in [0.2, 0.25) is 0 Å². The van der Waals surface area contributed by atoms with Gasteiger partial charge in [-0.15, -0.1) is 0 Å². The fraction of sp³-hybridized carbons (Fsp3) is 1.00. The number of likely N-dealkylation sites (N-methyl/N-ethyl adjacent to an activating group) is 1. The van der Waals surface area contributed by atoms with Crippen LogP contribution in [-0.4, -0.2) is 44.3 Å². The number of hydrogen-bond acceptors (Lipinski definition) is 3. The summed E-state index contributed by atoms with van der Waals surface area (Å²) in [5, 5.41) is 0. The molecule has 0 bridgehead atoms. The minimum atomic E-state index is 0.244. The van der Waals surface area contributed by atoms with Crippen molar-refractivity contribution in [2.75, 3.05) is 33.4 Å². The smallest absolute Gasteiger partial charge is 0.0477 e. The summed E-state index contributed by atoms with van der Waals surface area (Å²) >= 11 is 0. The highest BCUT2D eigenvalue weighted by Gasteiger charge is 2.09. The molecule has 0 aliphatic heterocycles. The van der Waals surface area contributed by atoms with Crippen LogP contribution in [0.25, 0.3) is 0 Å². The number of ether oxygens (including phenoxy) is 1. The van der Waals surface area contributed by atoms with Crippen molar-refractivity contribution in [2.45, 2.75) is 33.2 Å². The maximum atomic E-state index is 5.99. The summed E-state index contributed by atoms with van der Waals surface area (Å²) in [7, 11) is 1.72. The summed E-state index contributed by atoms with van der Waals surface area (Å²) < 4.78 is 5.01. The lowest BCUT2D eigenvalue weighted by Gasteiger charge is -2.25. The van der Waals surface area contributed by atoms with E-state index in [4.69, 9.17) is 10.5 Å². The van der Waals surface area contributed by atoms with Crippen LogP contribution in [0.5, 0.6) is 0 Å². The molecule has 0 saturated heterocycles. The molecule has 1 atom stereocenters. The highest BCUT2D eigenvalue weighted by molar-refractivity contribution is 4.68. The van der Waals surface area contributed by atoms with Crippen LogP contribution in [-0.2, 0) is 4.74 Å². The largest absolute Gasteiger partial charge is 0.385 e. The molecule has 0 radical (unpaired) electrons. The van der Waals surface area contributed by atoms with Crippen molar-refractivity contribution in [1.82, 2.24) is 4.90 Å². The first-order chi connectivity index (χ1) is 6.60. The quantitative estimate of drug-likeness (QED) is 0.645. The first-order valence-electron chi connectivity index (χ1n) is 5.57. The second-order valence-corrected chi connectivity index (χ2v) is 4.29. The van der Waals surface area contributed by atoms with Crippen molar-refractivity contribution in [2.24, 2.45) is 11.7 Å². The molecule has 0 rings (SSSR count). The Bertz CT molecular complexity index is 128. The number of rotatable bonds is 8. The van der Waals surface area contributed by atoms with E-state index in [1.54, 1.807) is 7.11 Å². The zero-order valence-corrected chi connectivity index (χ0v) is 10.1. The van der Waals surface area contributed by atoms with Gasteiger partial charge in [-0.3, -0.25) is 0 Å². The van der Waals surface area contributed by atoms with Gasteiger partial charge in [-0.25, -0.2) is 0 Å². The van der Waals surface area contributed by atoms with E-state index >= 15 is 0 Å². The van der Waals surface area contributed by atoms with Crippen LogP contribution in [0, 0.1) is 5.92 Å². The summed E-state index contributed by atoms with van der Waals surface area (Å²) in [4.78, 5) is 2.41. The molecule has 1 unspecified atom stereocenters. The minimum absolute atomic E-state index is 0.244. The molecule has 3 heteroatoms. The summed E-state index contributed by atoms with van der Waals surface area (Å²) in [5.74, 6) is 0.713. The maximum Gasteiger partial charge on any atom is 0.0477 e. The molecule has 0 fully saturated rings. The van der Waals surface area contributed by atoms with Gasteiger partial charge in [-0.1, -0.05) is 20.8 Å². The molecule has 0 amide bonds. The molecule has 86 valence electrons. The standard InChI is InChI=1S/C11H26N2O/c1-5-13(8-10(2)3)9-11(12)6-7-14-4/h10-11H,5-9,12H2,1-4H3. The van der Waals surface area contributed by atoms with Crippen LogP contribution >= 0.6 is 0 Å². The summed E-state index contributed by atoms with van der Waals surface area (Å²) in [6, 6.07) is 0.244. The van der Waals surface area contributed by atoms with Gasteiger partial charge in [0.2, 0.25) is 0 Å². The van der Waals surface area contributed by atoms with Crippen molar-refractivity contribution in [3.05, 3.63) is 0 Å². The molecule has 14 heavy (non-hydrogen) atoms. The normalized spacial score (nSPS) is 13.9. The molecule has 0 aromatic carbocycles. The Morgan fingerprint density at radius 1 is 1.29 bits per heavy atom. The van der Waals surface area contributed by atoms with E-state index in [-0.39, 0.29) is 6.04 Å². The summed E-state index contributed by atoms with van der Waals surface area (Å²) in [5.41, 5.74) is 5.99. The number of methoxy groups -OCH3 is 1. The van der Waals surface area contributed by atoms with E-state index in [9.17, 15) is 0 Å². The molecule has 0 spiro atoms. The molecule has 2 N–H and O–H groups in total. The third kappa shape index (κ3) is 7.30. The van der Waals surface area contributed by atoms with Crippen LogP contribution in [0.15, 0.2) is 0 Å². The van der Waals surface area contributed by atoms with Gasteiger partial charge in [0.25, 0.3) is 0 Å². The number of nitrogens with two attached hydrogens (primary N) is 1. The first-order valence-corrected chi connectivity index (χ1v) is 5.57. The SMILES string of the molecule is CCN(CC(C)C)CC(N)CCOC. The van der Waals surface area contributed by atoms with Crippen molar-refractivity contribution >= 4 is 0 Å². The molecular weight excluding hydrogens is 176 g/mol. The van der Waals surface area contributed by atoms with Crippen molar-refractivity contribution in [1.29, 1.82) is 0 Å². The van der Waals surface area contributed by atoms with E-state index < -0.39 is 0 Å². The Labute approximate surface area is 88.6 Å². The lowest BCUT2D eigenvalue weighted by molar-refractivity contribution is 0.172. The van der Waals surface area contributed by atoms with E-state index in [0.717, 1.165) is 32.7 Å². The molecule has 0 heterocycles. The van der Waals surface area contributed by atoms with Crippen LogP contribution in [0.1, 0.15) is 27.2 Å². The fourth-order valence-electron chi connectivity index (χ4n) is 1.54. The molecular formula is C11H26N2O. The molecule has 0 aliphatic carbocycles. The van der Waals surface area contributed by atoms with Gasteiger partial charge in [0.1, 0.15) is 0 Å². The molecule has 3 nitrogen and oxygen atoms in total. The Hall–Kier alpha value is -0.120. The predicted molar refractivity (Wildman–Crippen MR) is 61.4 cm³/mol. The highest BCUT2D eigenvalue weighted by atomic mass is 16.5. The minimum Gasteiger partial charge on any atom is -0.385 e. The average molecular weight is 202 g/mol. The third-order valence-electron chi connectivity index (χ3n) is 2.26. The van der Waals surface area contributed by atoms with E-state index in [1.807, 2.05) is 0 Å². The van der Waals surface area contributed by atoms with Gasteiger partial charge in [-0.2, -0.15) is 0 Å². The maximum absolute atomic E-state index is 5.99. The zero-order chi connectivity index (χ0) is 11.0.